The lowest BCUT2D eigenvalue weighted by Crippen LogP contribution is -2.03. The third kappa shape index (κ3) is 2.90. The Hall–Kier alpha value is -3.04. The molecule has 0 bridgehead atoms. The van der Waals surface area contributed by atoms with E-state index in [1.165, 1.54) is 12.7 Å². The second-order valence-electron chi connectivity index (χ2n) is 4.90. The van der Waals surface area contributed by atoms with Crippen LogP contribution >= 0.6 is 23.2 Å². The molecule has 3 heterocycles. The van der Waals surface area contributed by atoms with Gasteiger partial charge < -0.3 is 16.0 Å². The van der Waals surface area contributed by atoms with Crippen molar-refractivity contribution in [1.82, 2.24) is 34.9 Å². The van der Waals surface area contributed by atoms with Crippen LogP contribution < -0.4 is 11.1 Å². The largest absolute Gasteiger partial charge is 0.368 e. The molecule has 4 N–H and O–H groups in total. The van der Waals surface area contributed by atoms with E-state index in [0.29, 0.717) is 38.4 Å². The van der Waals surface area contributed by atoms with E-state index < -0.39 is 0 Å². The van der Waals surface area contributed by atoms with Crippen molar-refractivity contribution in [2.75, 3.05) is 11.1 Å². The topological polar surface area (TPSA) is 131 Å². The average Bonchev–Trinajstić information content (AvgIpc) is 2.99. The number of nitrogens with one attached hydrogen (secondary N) is 2. The van der Waals surface area contributed by atoms with E-state index in [0.717, 1.165) is 0 Å². The second-order valence-corrected chi connectivity index (χ2v) is 5.71. The summed E-state index contributed by atoms with van der Waals surface area (Å²) in [5.41, 5.74) is 7.12. The van der Waals surface area contributed by atoms with Gasteiger partial charge in [-0.05, 0) is 12.1 Å². The Morgan fingerprint density at radius 1 is 0.960 bits per heavy atom. The van der Waals surface area contributed by atoms with E-state index in [1.54, 1.807) is 18.2 Å². The van der Waals surface area contributed by atoms with Crippen molar-refractivity contribution in [1.29, 1.82) is 0 Å². The molecule has 0 atom stereocenters. The lowest BCUT2D eigenvalue weighted by Gasteiger charge is -2.04. The molecule has 0 fully saturated rings. The zero-order chi connectivity index (χ0) is 17.4. The van der Waals surface area contributed by atoms with Crippen molar-refractivity contribution < 1.29 is 0 Å². The second kappa shape index (κ2) is 6.11. The zero-order valence-corrected chi connectivity index (χ0v) is 13.9. The lowest BCUT2D eigenvalue weighted by atomic mass is 10.2. The standard InChI is InChI=1S/C14H9Cl2N9/c15-6-2-1-3-7(16)8(6)10-22-9-11(23-10)18-4-19-12(9)24-14-21-5-20-13(17)25-14/h1-5H,(H4,17,18,19,20,21,22,23,24,25). The van der Waals surface area contributed by atoms with Crippen LogP contribution in [0.5, 0.6) is 0 Å². The highest BCUT2D eigenvalue weighted by atomic mass is 35.5. The zero-order valence-electron chi connectivity index (χ0n) is 12.4. The van der Waals surface area contributed by atoms with Crippen molar-refractivity contribution in [2.45, 2.75) is 0 Å². The van der Waals surface area contributed by atoms with Crippen LogP contribution in [0.3, 0.4) is 0 Å². The number of anilines is 3. The van der Waals surface area contributed by atoms with Crippen molar-refractivity contribution in [3.8, 4) is 11.4 Å². The Labute approximate surface area is 150 Å². The minimum Gasteiger partial charge on any atom is -0.368 e. The van der Waals surface area contributed by atoms with Gasteiger partial charge in [-0.3, -0.25) is 0 Å². The van der Waals surface area contributed by atoms with Crippen molar-refractivity contribution >= 4 is 52.1 Å². The molecule has 0 aliphatic rings. The predicted octanol–water partition coefficient (Wildman–Crippen LogP) is 2.84. The van der Waals surface area contributed by atoms with Crippen LogP contribution in [0.2, 0.25) is 10.0 Å². The van der Waals surface area contributed by atoms with Gasteiger partial charge in [-0.2, -0.15) is 4.98 Å². The molecule has 11 heteroatoms. The van der Waals surface area contributed by atoms with Crippen LogP contribution in [0, 0.1) is 0 Å². The van der Waals surface area contributed by atoms with E-state index in [4.69, 9.17) is 28.9 Å². The third-order valence-corrected chi connectivity index (χ3v) is 3.94. The van der Waals surface area contributed by atoms with Gasteiger partial charge in [0.15, 0.2) is 11.5 Å². The van der Waals surface area contributed by atoms with E-state index in [-0.39, 0.29) is 11.9 Å². The predicted molar refractivity (Wildman–Crippen MR) is 94.7 cm³/mol. The number of aromatic nitrogens is 7. The fraction of sp³-hybridized carbons (Fsp3) is 0. The number of nitrogen functional groups attached to an aromatic ring is 1. The first-order valence-electron chi connectivity index (χ1n) is 6.98. The molecule has 0 radical (unpaired) electrons. The first-order chi connectivity index (χ1) is 12.1. The number of benzene rings is 1. The minimum absolute atomic E-state index is 0.0935. The number of imidazole rings is 1. The summed E-state index contributed by atoms with van der Waals surface area (Å²) in [5, 5.41) is 3.89. The summed E-state index contributed by atoms with van der Waals surface area (Å²) in [6.45, 7) is 0. The molecule has 3 aromatic heterocycles. The number of halogens is 2. The first kappa shape index (κ1) is 15.5. The number of hydrogen-bond donors (Lipinski definition) is 3. The van der Waals surface area contributed by atoms with E-state index in [2.05, 4.69) is 40.2 Å². The molecule has 9 nitrogen and oxygen atoms in total. The summed E-state index contributed by atoms with van der Waals surface area (Å²) in [6.07, 6.45) is 2.67. The molecule has 25 heavy (non-hydrogen) atoms. The van der Waals surface area contributed by atoms with Gasteiger partial charge in [0.1, 0.15) is 24.0 Å². The van der Waals surface area contributed by atoms with Crippen molar-refractivity contribution in [3.63, 3.8) is 0 Å². The quantitative estimate of drug-likeness (QED) is 0.499. The maximum Gasteiger partial charge on any atom is 0.233 e. The van der Waals surface area contributed by atoms with E-state index >= 15 is 0 Å². The van der Waals surface area contributed by atoms with Crippen molar-refractivity contribution in [3.05, 3.63) is 40.9 Å². The molecule has 4 rings (SSSR count). The Bertz CT molecular complexity index is 1060. The lowest BCUT2D eigenvalue weighted by molar-refractivity contribution is 1.06. The van der Waals surface area contributed by atoms with Gasteiger partial charge in [0.25, 0.3) is 0 Å². The molecule has 0 aliphatic heterocycles. The summed E-state index contributed by atoms with van der Waals surface area (Å²) < 4.78 is 0. The van der Waals surface area contributed by atoms with Crippen LogP contribution in [0.4, 0.5) is 17.7 Å². The third-order valence-electron chi connectivity index (χ3n) is 3.31. The molecule has 1 aromatic carbocycles. The van der Waals surface area contributed by atoms with Gasteiger partial charge in [-0.25, -0.2) is 24.9 Å². The normalized spacial score (nSPS) is 11.0. The smallest absolute Gasteiger partial charge is 0.233 e. The fourth-order valence-electron chi connectivity index (χ4n) is 2.24. The Balaban J connectivity index is 1.82. The molecule has 0 spiro atoms. The SMILES string of the molecule is Nc1ncnc(Nc2ncnc3nc(-c4c(Cl)cccc4Cl)[nH]c23)n1. The van der Waals surface area contributed by atoms with Gasteiger partial charge in [-0.15, -0.1) is 0 Å². The van der Waals surface area contributed by atoms with Crippen LogP contribution in [0.25, 0.3) is 22.6 Å². The Morgan fingerprint density at radius 3 is 2.48 bits per heavy atom. The van der Waals surface area contributed by atoms with Crippen LogP contribution in [0.1, 0.15) is 0 Å². The number of hydrogen-bond acceptors (Lipinski definition) is 8. The van der Waals surface area contributed by atoms with Gasteiger partial charge in [-0.1, -0.05) is 29.3 Å². The summed E-state index contributed by atoms with van der Waals surface area (Å²) in [7, 11) is 0. The van der Waals surface area contributed by atoms with E-state index in [1.807, 2.05) is 0 Å². The number of H-pyrrole nitrogens is 1. The molecular weight excluding hydrogens is 365 g/mol. The summed E-state index contributed by atoms with van der Waals surface area (Å²) >= 11 is 12.5. The molecule has 0 unspecified atom stereocenters. The van der Waals surface area contributed by atoms with Crippen molar-refractivity contribution in [2.24, 2.45) is 0 Å². The average molecular weight is 374 g/mol. The van der Waals surface area contributed by atoms with Gasteiger partial charge in [0, 0.05) is 0 Å². The number of nitrogens with zero attached hydrogens (tertiary/aromatic N) is 6. The number of fused-ring (bicyclic) bond motifs is 1. The minimum atomic E-state index is 0.0935. The van der Waals surface area contributed by atoms with E-state index in [9.17, 15) is 0 Å². The van der Waals surface area contributed by atoms with Gasteiger partial charge >= 0.3 is 0 Å². The maximum atomic E-state index is 6.24. The number of nitrogens with two attached hydrogens (primary N) is 1. The molecule has 0 aliphatic carbocycles. The number of aromatic amines is 1. The molecule has 0 amide bonds. The van der Waals surface area contributed by atoms with Crippen LogP contribution in [0.15, 0.2) is 30.9 Å². The molecule has 124 valence electrons. The number of rotatable bonds is 3. The molecule has 0 saturated carbocycles. The summed E-state index contributed by atoms with van der Waals surface area (Å²) in [5.74, 6) is 1.25. The highest BCUT2D eigenvalue weighted by Crippen LogP contribution is 2.34. The first-order valence-corrected chi connectivity index (χ1v) is 7.74. The van der Waals surface area contributed by atoms with Gasteiger partial charge in [0.05, 0.1) is 15.6 Å². The molecule has 4 aromatic rings. The fourth-order valence-corrected chi connectivity index (χ4v) is 2.82. The summed E-state index contributed by atoms with van der Waals surface area (Å²) in [6, 6.07) is 5.22. The highest BCUT2D eigenvalue weighted by molar-refractivity contribution is 6.39. The summed E-state index contributed by atoms with van der Waals surface area (Å²) in [4.78, 5) is 27.6. The highest BCUT2D eigenvalue weighted by Gasteiger charge is 2.16. The monoisotopic (exact) mass is 373 g/mol. The Morgan fingerprint density at radius 2 is 1.72 bits per heavy atom. The Kier molecular flexibility index (Phi) is 3.79. The van der Waals surface area contributed by atoms with Crippen LogP contribution in [-0.4, -0.2) is 34.9 Å². The molecular formula is C14H9Cl2N9. The maximum absolute atomic E-state index is 6.24. The van der Waals surface area contributed by atoms with Crippen LogP contribution in [-0.2, 0) is 0 Å². The molecule has 0 saturated heterocycles. The van der Waals surface area contributed by atoms with Gasteiger partial charge in [0.2, 0.25) is 11.9 Å².